The number of rotatable bonds is 9. The zero-order valence-electron chi connectivity index (χ0n) is 12.4. The molecule has 0 saturated carbocycles. The molecule has 0 aromatic carbocycles. The molecule has 0 radical (unpaired) electrons. The standard InChI is InChI=1S/C14H25N3O2/c1-5-12-13(15-6-2)16-10-17-14(12)19-8-7-18-9-11(3)4/h10-11H,5-9H2,1-4H3,(H,15,16,17). The normalized spacial score (nSPS) is 10.8. The average Bonchev–Trinajstić information content (AvgIpc) is 2.38. The van der Waals surface area contributed by atoms with Gasteiger partial charge in [0.1, 0.15) is 18.8 Å². The van der Waals surface area contributed by atoms with E-state index in [0.29, 0.717) is 25.0 Å². The van der Waals surface area contributed by atoms with Gasteiger partial charge in [-0.1, -0.05) is 20.8 Å². The van der Waals surface area contributed by atoms with E-state index < -0.39 is 0 Å². The Morgan fingerprint density at radius 1 is 1.21 bits per heavy atom. The summed E-state index contributed by atoms with van der Waals surface area (Å²) in [6.45, 7) is 11.1. The van der Waals surface area contributed by atoms with Crippen LogP contribution in [0.1, 0.15) is 33.3 Å². The number of ether oxygens (including phenoxy) is 2. The summed E-state index contributed by atoms with van der Waals surface area (Å²) in [7, 11) is 0. The van der Waals surface area contributed by atoms with Crippen molar-refractivity contribution in [2.75, 3.05) is 31.7 Å². The van der Waals surface area contributed by atoms with Gasteiger partial charge < -0.3 is 14.8 Å². The summed E-state index contributed by atoms with van der Waals surface area (Å²) in [5, 5.41) is 3.22. The highest BCUT2D eigenvalue weighted by atomic mass is 16.5. The maximum absolute atomic E-state index is 5.68. The molecule has 1 heterocycles. The van der Waals surface area contributed by atoms with E-state index in [1.54, 1.807) is 0 Å². The molecule has 5 nitrogen and oxygen atoms in total. The molecule has 5 heteroatoms. The molecule has 0 amide bonds. The summed E-state index contributed by atoms with van der Waals surface area (Å²) in [5.41, 5.74) is 1.02. The monoisotopic (exact) mass is 267 g/mol. The first-order chi connectivity index (χ1) is 9.19. The Bertz CT molecular complexity index is 370. The van der Waals surface area contributed by atoms with Crippen LogP contribution in [0.5, 0.6) is 5.88 Å². The van der Waals surface area contributed by atoms with Crippen LogP contribution in [-0.2, 0) is 11.2 Å². The maximum Gasteiger partial charge on any atom is 0.221 e. The van der Waals surface area contributed by atoms with Crippen molar-refractivity contribution in [3.8, 4) is 5.88 Å². The third-order valence-corrected chi connectivity index (χ3v) is 2.52. The van der Waals surface area contributed by atoms with Crippen LogP contribution in [0, 0.1) is 5.92 Å². The zero-order chi connectivity index (χ0) is 14.1. The Kier molecular flexibility index (Phi) is 7.18. The van der Waals surface area contributed by atoms with E-state index >= 15 is 0 Å². The van der Waals surface area contributed by atoms with Crippen molar-refractivity contribution in [3.63, 3.8) is 0 Å². The van der Waals surface area contributed by atoms with E-state index in [0.717, 1.165) is 31.0 Å². The first kappa shape index (κ1) is 15.7. The van der Waals surface area contributed by atoms with Gasteiger partial charge in [-0.25, -0.2) is 9.97 Å². The minimum atomic E-state index is 0.516. The second kappa shape index (κ2) is 8.69. The molecule has 19 heavy (non-hydrogen) atoms. The van der Waals surface area contributed by atoms with Crippen LogP contribution in [0.2, 0.25) is 0 Å². The summed E-state index contributed by atoms with van der Waals surface area (Å²) < 4.78 is 11.2. The van der Waals surface area contributed by atoms with Gasteiger partial charge in [-0.15, -0.1) is 0 Å². The minimum absolute atomic E-state index is 0.516. The fourth-order valence-corrected chi connectivity index (χ4v) is 1.68. The number of nitrogens with zero attached hydrogens (tertiary/aromatic N) is 2. The summed E-state index contributed by atoms with van der Waals surface area (Å²) in [4.78, 5) is 8.43. The summed E-state index contributed by atoms with van der Waals surface area (Å²) >= 11 is 0. The van der Waals surface area contributed by atoms with Crippen molar-refractivity contribution >= 4 is 5.82 Å². The van der Waals surface area contributed by atoms with Gasteiger partial charge in [0.15, 0.2) is 0 Å². The van der Waals surface area contributed by atoms with Crippen LogP contribution < -0.4 is 10.1 Å². The maximum atomic E-state index is 5.68. The molecule has 1 aromatic rings. The highest BCUT2D eigenvalue weighted by molar-refractivity contribution is 5.48. The Morgan fingerprint density at radius 3 is 2.63 bits per heavy atom. The molecule has 0 aliphatic carbocycles. The molecule has 0 aliphatic rings. The van der Waals surface area contributed by atoms with Gasteiger partial charge in [0.05, 0.1) is 12.2 Å². The van der Waals surface area contributed by atoms with E-state index in [2.05, 4.69) is 36.1 Å². The van der Waals surface area contributed by atoms with Crippen molar-refractivity contribution in [1.82, 2.24) is 9.97 Å². The largest absolute Gasteiger partial charge is 0.475 e. The van der Waals surface area contributed by atoms with E-state index in [-0.39, 0.29) is 0 Å². The quantitative estimate of drug-likeness (QED) is 0.697. The summed E-state index contributed by atoms with van der Waals surface area (Å²) in [6, 6.07) is 0. The zero-order valence-corrected chi connectivity index (χ0v) is 12.4. The van der Waals surface area contributed by atoms with Gasteiger partial charge in [-0.05, 0) is 19.3 Å². The van der Waals surface area contributed by atoms with Gasteiger partial charge >= 0.3 is 0 Å². The molecule has 0 bridgehead atoms. The van der Waals surface area contributed by atoms with E-state index in [4.69, 9.17) is 9.47 Å². The first-order valence-electron chi connectivity index (χ1n) is 6.97. The fraction of sp³-hybridized carbons (Fsp3) is 0.714. The van der Waals surface area contributed by atoms with Crippen LogP contribution in [0.15, 0.2) is 6.33 Å². The molecule has 0 saturated heterocycles. The van der Waals surface area contributed by atoms with Gasteiger partial charge in [-0.2, -0.15) is 0 Å². The summed E-state index contributed by atoms with van der Waals surface area (Å²) in [5.74, 6) is 2.06. The van der Waals surface area contributed by atoms with E-state index in [1.165, 1.54) is 6.33 Å². The molecule has 0 aliphatic heterocycles. The number of nitrogens with one attached hydrogen (secondary N) is 1. The van der Waals surface area contributed by atoms with Gasteiger partial charge in [0.2, 0.25) is 5.88 Å². The van der Waals surface area contributed by atoms with Crippen LogP contribution in [-0.4, -0.2) is 36.3 Å². The fourth-order valence-electron chi connectivity index (χ4n) is 1.68. The van der Waals surface area contributed by atoms with Gasteiger partial charge in [0, 0.05) is 13.2 Å². The van der Waals surface area contributed by atoms with Gasteiger partial charge in [0.25, 0.3) is 0 Å². The first-order valence-corrected chi connectivity index (χ1v) is 6.97. The topological polar surface area (TPSA) is 56.3 Å². The lowest BCUT2D eigenvalue weighted by Gasteiger charge is -2.13. The van der Waals surface area contributed by atoms with Crippen molar-refractivity contribution in [2.24, 2.45) is 5.92 Å². The molecule has 1 N–H and O–H groups in total. The van der Waals surface area contributed by atoms with Crippen molar-refractivity contribution in [3.05, 3.63) is 11.9 Å². The molecule has 1 rings (SSSR count). The molecule has 0 fully saturated rings. The van der Waals surface area contributed by atoms with Crippen LogP contribution in [0.25, 0.3) is 0 Å². The molecule has 108 valence electrons. The number of hydrogen-bond acceptors (Lipinski definition) is 5. The summed E-state index contributed by atoms with van der Waals surface area (Å²) in [6.07, 6.45) is 2.37. The molecule has 1 aromatic heterocycles. The van der Waals surface area contributed by atoms with Crippen LogP contribution in [0.4, 0.5) is 5.82 Å². The number of anilines is 1. The Morgan fingerprint density at radius 2 is 2.00 bits per heavy atom. The van der Waals surface area contributed by atoms with Gasteiger partial charge in [-0.3, -0.25) is 0 Å². The van der Waals surface area contributed by atoms with E-state index in [1.807, 2.05) is 6.92 Å². The smallest absolute Gasteiger partial charge is 0.221 e. The second-order valence-corrected chi connectivity index (χ2v) is 4.71. The second-order valence-electron chi connectivity index (χ2n) is 4.71. The minimum Gasteiger partial charge on any atom is -0.475 e. The third kappa shape index (κ3) is 5.42. The van der Waals surface area contributed by atoms with Crippen LogP contribution in [0.3, 0.4) is 0 Å². The van der Waals surface area contributed by atoms with Crippen molar-refractivity contribution in [1.29, 1.82) is 0 Å². The van der Waals surface area contributed by atoms with Crippen LogP contribution >= 0.6 is 0 Å². The Balaban J connectivity index is 2.50. The lowest BCUT2D eigenvalue weighted by molar-refractivity contribution is 0.0803. The highest BCUT2D eigenvalue weighted by Gasteiger charge is 2.10. The molecular weight excluding hydrogens is 242 g/mol. The Labute approximate surface area is 115 Å². The Hall–Kier alpha value is -1.36. The molecule has 0 unspecified atom stereocenters. The lowest BCUT2D eigenvalue weighted by atomic mass is 10.2. The van der Waals surface area contributed by atoms with E-state index in [9.17, 15) is 0 Å². The average molecular weight is 267 g/mol. The van der Waals surface area contributed by atoms with Crippen molar-refractivity contribution in [2.45, 2.75) is 34.1 Å². The molecule has 0 atom stereocenters. The lowest BCUT2D eigenvalue weighted by Crippen LogP contribution is -2.13. The number of hydrogen-bond donors (Lipinski definition) is 1. The highest BCUT2D eigenvalue weighted by Crippen LogP contribution is 2.22. The number of aromatic nitrogens is 2. The predicted molar refractivity (Wildman–Crippen MR) is 76.7 cm³/mol. The third-order valence-electron chi connectivity index (χ3n) is 2.52. The molecule has 0 spiro atoms. The predicted octanol–water partition coefficient (Wildman–Crippen LogP) is 2.52. The van der Waals surface area contributed by atoms with Crippen molar-refractivity contribution < 1.29 is 9.47 Å². The SMILES string of the molecule is CCNc1ncnc(OCCOCC(C)C)c1CC. The molecular formula is C14H25N3O2.